The van der Waals surface area contributed by atoms with Crippen molar-refractivity contribution in [2.75, 3.05) is 11.5 Å². The van der Waals surface area contributed by atoms with Crippen molar-refractivity contribution < 1.29 is 8.42 Å². The van der Waals surface area contributed by atoms with Crippen molar-refractivity contribution in [1.82, 2.24) is 0 Å². The molecule has 0 fully saturated rings. The molecule has 0 aromatic heterocycles. The Labute approximate surface area is 109 Å². The van der Waals surface area contributed by atoms with Gasteiger partial charge in [0.2, 0.25) is 0 Å². The molecule has 0 saturated heterocycles. The van der Waals surface area contributed by atoms with E-state index in [0.29, 0.717) is 19.3 Å². The Morgan fingerprint density at radius 2 is 1.82 bits per heavy atom. The van der Waals surface area contributed by atoms with Gasteiger partial charge in [0.05, 0.1) is 11.1 Å². The molecule has 17 heavy (non-hydrogen) atoms. The van der Waals surface area contributed by atoms with E-state index in [1.807, 2.05) is 37.3 Å². The van der Waals surface area contributed by atoms with Crippen LogP contribution in [0.25, 0.3) is 0 Å². The molecular weight excluding hydrogens is 256 g/mol. The molecule has 0 heterocycles. The van der Waals surface area contributed by atoms with Gasteiger partial charge in [-0.05, 0) is 24.8 Å². The lowest BCUT2D eigenvalue weighted by atomic mass is 10.1. The van der Waals surface area contributed by atoms with Gasteiger partial charge in [0.25, 0.3) is 0 Å². The van der Waals surface area contributed by atoms with Gasteiger partial charge in [-0.2, -0.15) is 0 Å². The Morgan fingerprint density at radius 1 is 1.18 bits per heavy atom. The highest BCUT2D eigenvalue weighted by atomic mass is 35.5. The fraction of sp³-hybridized carbons (Fsp3) is 0.538. The van der Waals surface area contributed by atoms with Crippen LogP contribution in [0.5, 0.6) is 0 Å². The zero-order chi connectivity index (χ0) is 12.7. The zero-order valence-corrected chi connectivity index (χ0v) is 11.7. The second-order valence-electron chi connectivity index (χ2n) is 4.17. The van der Waals surface area contributed by atoms with Crippen LogP contribution in [-0.2, 0) is 9.84 Å². The van der Waals surface area contributed by atoms with Gasteiger partial charge in [-0.25, -0.2) is 8.42 Å². The molecule has 1 atom stereocenters. The number of benzene rings is 1. The van der Waals surface area contributed by atoms with E-state index in [4.69, 9.17) is 11.6 Å². The molecule has 96 valence electrons. The SMILES string of the molecule is CCCS(=O)(=O)CCCC(Cl)c1ccccc1. The van der Waals surface area contributed by atoms with Crippen LogP contribution in [0.15, 0.2) is 30.3 Å². The van der Waals surface area contributed by atoms with E-state index >= 15 is 0 Å². The number of hydrogen-bond donors (Lipinski definition) is 0. The molecule has 1 rings (SSSR count). The first-order valence-electron chi connectivity index (χ1n) is 5.94. The summed E-state index contributed by atoms with van der Waals surface area (Å²) in [7, 11) is -2.87. The van der Waals surface area contributed by atoms with Gasteiger partial charge in [0, 0.05) is 5.75 Å². The zero-order valence-electron chi connectivity index (χ0n) is 10.1. The maximum Gasteiger partial charge on any atom is 0.150 e. The second-order valence-corrected chi connectivity index (χ2v) is 7.00. The molecule has 2 nitrogen and oxygen atoms in total. The summed E-state index contributed by atoms with van der Waals surface area (Å²) in [5.74, 6) is 0.530. The van der Waals surface area contributed by atoms with Crippen molar-refractivity contribution in [2.45, 2.75) is 31.6 Å². The number of halogens is 1. The average molecular weight is 275 g/mol. The summed E-state index contributed by atoms with van der Waals surface area (Å²) in [5, 5.41) is -0.0898. The average Bonchev–Trinajstić information content (AvgIpc) is 2.29. The van der Waals surface area contributed by atoms with Gasteiger partial charge >= 0.3 is 0 Å². The normalized spacial score (nSPS) is 13.5. The van der Waals surface area contributed by atoms with Crippen LogP contribution >= 0.6 is 11.6 Å². The molecule has 0 aliphatic rings. The number of alkyl halides is 1. The summed E-state index contributed by atoms with van der Waals surface area (Å²) >= 11 is 6.22. The molecule has 0 spiro atoms. The van der Waals surface area contributed by atoms with E-state index in [-0.39, 0.29) is 16.9 Å². The highest BCUT2D eigenvalue weighted by Gasteiger charge is 2.12. The first kappa shape index (κ1) is 14.5. The number of sulfone groups is 1. The van der Waals surface area contributed by atoms with Gasteiger partial charge in [-0.15, -0.1) is 11.6 Å². The fourth-order valence-electron chi connectivity index (χ4n) is 1.72. The Bertz CT molecular complexity index is 414. The molecule has 1 aromatic rings. The van der Waals surface area contributed by atoms with Crippen molar-refractivity contribution >= 4 is 21.4 Å². The molecule has 0 aliphatic carbocycles. The minimum Gasteiger partial charge on any atom is -0.229 e. The van der Waals surface area contributed by atoms with Crippen LogP contribution in [0, 0.1) is 0 Å². The minimum absolute atomic E-state index is 0.0898. The van der Waals surface area contributed by atoms with Crippen LogP contribution in [0.4, 0.5) is 0 Å². The van der Waals surface area contributed by atoms with Crippen molar-refractivity contribution in [3.63, 3.8) is 0 Å². The maximum atomic E-state index is 11.5. The third-order valence-corrected chi connectivity index (χ3v) is 5.00. The largest absolute Gasteiger partial charge is 0.229 e. The van der Waals surface area contributed by atoms with Crippen LogP contribution in [-0.4, -0.2) is 19.9 Å². The van der Waals surface area contributed by atoms with E-state index in [2.05, 4.69) is 0 Å². The van der Waals surface area contributed by atoms with Gasteiger partial charge < -0.3 is 0 Å². The quantitative estimate of drug-likeness (QED) is 0.713. The van der Waals surface area contributed by atoms with Crippen molar-refractivity contribution in [1.29, 1.82) is 0 Å². The van der Waals surface area contributed by atoms with Crippen LogP contribution in [0.2, 0.25) is 0 Å². The molecule has 0 N–H and O–H groups in total. The summed E-state index contributed by atoms with van der Waals surface area (Å²) in [6.45, 7) is 1.88. The molecule has 0 saturated carbocycles. The van der Waals surface area contributed by atoms with Crippen molar-refractivity contribution in [3.05, 3.63) is 35.9 Å². The summed E-state index contributed by atoms with van der Waals surface area (Å²) < 4.78 is 23.0. The standard InChI is InChI=1S/C13H19ClO2S/c1-2-10-17(15,16)11-6-9-13(14)12-7-4-3-5-8-12/h3-5,7-8,13H,2,6,9-11H2,1H3. The highest BCUT2D eigenvalue weighted by Crippen LogP contribution is 2.25. The molecule has 0 bridgehead atoms. The second kappa shape index (κ2) is 7.02. The molecular formula is C13H19ClO2S. The summed E-state index contributed by atoms with van der Waals surface area (Å²) in [6, 6.07) is 9.77. The lowest BCUT2D eigenvalue weighted by molar-refractivity contribution is 0.589. The summed E-state index contributed by atoms with van der Waals surface area (Å²) in [5.41, 5.74) is 1.06. The molecule has 4 heteroatoms. The summed E-state index contributed by atoms with van der Waals surface area (Å²) in [4.78, 5) is 0. The minimum atomic E-state index is -2.87. The lowest BCUT2D eigenvalue weighted by Crippen LogP contribution is -2.10. The van der Waals surface area contributed by atoms with E-state index in [1.165, 1.54) is 0 Å². The molecule has 0 amide bonds. The van der Waals surface area contributed by atoms with E-state index in [0.717, 1.165) is 5.56 Å². The van der Waals surface area contributed by atoms with Gasteiger partial charge in [-0.1, -0.05) is 37.3 Å². The third kappa shape index (κ3) is 5.55. The fourth-order valence-corrected chi connectivity index (χ4v) is 3.46. The third-order valence-electron chi connectivity index (χ3n) is 2.59. The molecule has 0 radical (unpaired) electrons. The topological polar surface area (TPSA) is 34.1 Å². The first-order valence-corrected chi connectivity index (χ1v) is 8.20. The Hall–Kier alpha value is -0.540. The monoisotopic (exact) mass is 274 g/mol. The van der Waals surface area contributed by atoms with E-state index in [1.54, 1.807) is 0 Å². The van der Waals surface area contributed by atoms with Crippen LogP contribution in [0.3, 0.4) is 0 Å². The van der Waals surface area contributed by atoms with Crippen LogP contribution < -0.4 is 0 Å². The Kier molecular flexibility index (Phi) is 6.00. The van der Waals surface area contributed by atoms with Crippen molar-refractivity contribution in [2.24, 2.45) is 0 Å². The highest BCUT2D eigenvalue weighted by molar-refractivity contribution is 7.91. The Balaban J connectivity index is 2.37. The molecule has 1 aromatic carbocycles. The molecule has 0 aliphatic heterocycles. The molecule has 1 unspecified atom stereocenters. The lowest BCUT2D eigenvalue weighted by Gasteiger charge is -2.09. The van der Waals surface area contributed by atoms with Gasteiger partial charge in [0.15, 0.2) is 0 Å². The smallest absolute Gasteiger partial charge is 0.150 e. The Morgan fingerprint density at radius 3 is 2.41 bits per heavy atom. The number of rotatable bonds is 7. The summed E-state index contributed by atoms with van der Waals surface area (Å²) in [6.07, 6.45) is 2.02. The van der Waals surface area contributed by atoms with E-state index in [9.17, 15) is 8.42 Å². The van der Waals surface area contributed by atoms with E-state index < -0.39 is 9.84 Å². The van der Waals surface area contributed by atoms with Crippen LogP contribution in [0.1, 0.15) is 37.1 Å². The van der Waals surface area contributed by atoms with Gasteiger partial charge in [-0.3, -0.25) is 0 Å². The maximum absolute atomic E-state index is 11.5. The first-order chi connectivity index (χ1) is 8.05. The predicted molar refractivity (Wildman–Crippen MR) is 73.2 cm³/mol. The van der Waals surface area contributed by atoms with Gasteiger partial charge in [0.1, 0.15) is 9.84 Å². The predicted octanol–water partition coefficient (Wildman–Crippen LogP) is 3.57. The number of hydrogen-bond acceptors (Lipinski definition) is 2. The van der Waals surface area contributed by atoms with Crippen molar-refractivity contribution in [3.8, 4) is 0 Å².